The second-order valence-corrected chi connectivity index (χ2v) is 16.0. The highest BCUT2D eigenvalue weighted by molar-refractivity contribution is 5.88. The van der Waals surface area contributed by atoms with Crippen LogP contribution < -0.4 is 10.9 Å². The second kappa shape index (κ2) is 17.4. The Hall–Kier alpha value is -5.01. The molecule has 5 heterocycles. The first kappa shape index (κ1) is 39.2. The number of urea groups is 1. The molecule has 0 saturated carbocycles. The molecule has 3 amide bonds. The Kier molecular flexibility index (Phi) is 12.2. The van der Waals surface area contributed by atoms with Crippen molar-refractivity contribution in [1.82, 2.24) is 39.7 Å². The number of hydrogen-bond acceptors (Lipinski definition) is 8. The van der Waals surface area contributed by atoms with E-state index in [1.807, 2.05) is 67.4 Å². The molecular weight excluding hydrogens is 709 g/mol. The van der Waals surface area contributed by atoms with Gasteiger partial charge in [-0.25, -0.2) is 9.48 Å². The normalized spacial score (nSPS) is 18.9. The van der Waals surface area contributed by atoms with Crippen LogP contribution in [0.1, 0.15) is 61.6 Å². The molecule has 3 fully saturated rings. The largest absolute Gasteiger partial charge is 0.442 e. The van der Waals surface area contributed by atoms with Crippen LogP contribution in [0.5, 0.6) is 0 Å². The molecule has 0 spiro atoms. The zero-order chi connectivity index (χ0) is 39.3. The van der Waals surface area contributed by atoms with Gasteiger partial charge in [-0.15, -0.1) is 6.58 Å². The Morgan fingerprint density at radius 3 is 2.43 bits per heavy atom. The maximum absolute atomic E-state index is 14.4. The van der Waals surface area contributed by atoms with Gasteiger partial charge >= 0.3 is 12.0 Å². The smallest absolute Gasteiger partial charge is 0.318 e. The minimum atomic E-state index is -0.766. The summed E-state index contributed by atoms with van der Waals surface area (Å²) in [6.45, 7) is 13.5. The molecule has 2 atom stereocenters. The fraction of sp³-hybridized carbons (Fsp3) is 0.512. The lowest BCUT2D eigenvalue weighted by molar-refractivity contribution is -0.152. The number of fused-ring (bicyclic) bond motifs is 2. The van der Waals surface area contributed by atoms with Gasteiger partial charge in [-0.2, -0.15) is 5.10 Å². The Morgan fingerprint density at radius 2 is 1.70 bits per heavy atom. The molecule has 2 aromatic heterocycles. The Labute approximate surface area is 328 Å². The van der Waals surface area contributed by atoms with Crippen LogP contribution in [0.4, 0.5) is 4.79 Å². The number of esters is 1. The van der Waals surface area contributed by atoms with Crippen LogP contribution in [0.2, 0.25) is 0 Å². The van der Waals surface area contributed by atoms with Crippen molar-refractivity contribution in [2.75, 3.05) is 59.4 Å². The Balaban J connectivity index is 1.04. The maximum atomic E-state index is 14.4. The lowest BCUT2D eigenvalue weighted by atomic mass is 9.89. The molecule has 13 nitrogen and oxygen atoms in total. The number of aryl methyl sites for hydroxylation is 1. The minimum absolute atomic E-state index is 0.00356. The van der Waals surface area contributed by atoms with Gasteiger partial charge in [0.1, 0.15) is 6.04 Å². The summed E-state index contributed by atoms with van der Waals surface area (Å²) >= 11 is 0. The first-order valence-electron chi connectivity index (χ1n) is 20.2. The molecule has 3 aliphatic rings. The van der Waals surface area contributed by atoms with Crippen LogP contribution in [0.15, 0.2) is 66.1 Å². The van der Waals surface area contributed by atoms with Crippen molar-refractivity contribution in [3.8, 4) is 0 Å². The molecule has 3 aliphatic heterocycles. The van der Waals surface area contributed by atoms with Gasteiger partial charge in [0.25, 0.3) is 5.56 Å². The van der Waals surface area contributed by atoms with Crippen molar-refractivity contribution >= 4 is 39.7 Å². The lowest BCUT2D eigenvalue weighted by Crippen LogP contribution is -2.59. The SMILES string of the molecule is C=CCC(C)C(=O)OCn1cc2cc(C[C@@H](NC(=O)N3CCC(c4cc5ccccc5[nH]c4=O)CC3)C(=O)N3CCN(C4CCN(C)CC4)CC3)cc(C)c2n1. The number of nitrogens with zero attached hydrogens (tertiary/aromatic N) is 6. The summed E-state index contributed by atoms with van der Waals surface area (Å²) in [5.74, 6) is -0.626. The zero-order valence-electron chi connectivity index (χ0n) is 33.0. The molecule has 1 unspecified atom stereocenters. The van der Waals surface area contributed by atoms with E-state index in [-0.39, 0.29) is 42.0 Å². The molecule has 0 aliphatic carbocycles. The van der Waals surface area contributed by atoms with Crippen molar-refractivity contribution in [1.29, 1.82) is 0 Å². The van der Waals surface area contributed by atoms with E-state index in [0.29, 0.717) is 57.9 Å². The van der Waals surface area contributed by atoms with Crippen LogP contribution in [0.3, 0.4) is 0 Å². The Morgan fingerprint density at radius 1 is 0.964 bits per heavy atom. The molecule has 2 aromatic carbocycles. The van der Waals surface area contributed by atoms with E-state index >= 15 is 0 Å². The van der Waals surface area contributed by atoms with Gasteiger partial charge in [0.05, 0.1) is 11.4 Å². The second-order valence-electron chi connectivity index (χ2n) is 16.0. The quantitative estimate of drug-likeness (QED) is 0.167. The number of rotatable bonds is 11. The number of aromatic amines is 1. The van der Waals surface area contributed by atoms with Gasteiger partial charge in [0.2, 0.25) is 5.91 Å². The number of carbonyl (C=O) groups is 3. The number of nitrogens with one attached hydrogen (secondary N) is 2. The van der Waals surface area contributed by atoms with E-state index in [0.717, 1.165) is 77.5 Å². The first-order chi connectivity index (χ1) is 27.1. The highest BCUT2D eigenvalue weighted by Crippen LogP contribution is 2.28. The monoisotopic (exact) mass is 764 g/mol. The number of likely N-dealkylation sites (tertiary alicyclic amines) is 2. The molecule has 3 saturated heterocycles. The number of hydrogen-bond donors (Lipinski definition) is 2. The molecule has 298 valence electrons. The van der Waals surface area contributed by atoms with E-state index in [9.17, 15) is 19.2 Å². The summed E-state index contributed by atoms with van der Waals surface area (Å²) in [6, 6.07) is 13.3. The van der Waals surface area contributed by atoms with Crippen LogP contribution in [0, 0.1) is 12.8 Å². The van der Waals surface area contributed by atoms with Crippen LogP contribution in [-0.2, 0) is 27.5 Å². The highest BCUT2D eigenvalue weighted by atomic mass is 16.5. The van der Waals surface area contributed by atoms with Crippen molar-refractivity contribution in [3.05, 3.63) is 88.4 Å². The average molecular weight is 765 g/mol. The minimum Gasteiger partial charge on any atom is -0.442 e. The lowest BCUT2D eigenvalue weighted by Gasteiger charge is -2.43. The van der Waals surface area contributed by atoms with Crippen LogP contribution >= 0.6 is 0 Å². The van der Waals surface area contributed by atoms with Crippen molar-refractivity contribution in [2.45, 2.75) is 77.1 Å². The number of allylic oxidation sites excluding steroid dienone is 1. The summed E-state index contributed by atoms with van der Waals surface area (Å²) in [5, 5.41) is 9.68. The summed E-state index contributed by atoms with van der Waals surface area (Å²) in [5.41, 5.74) is 4.11. The van der Waals surface area contributed by atoms with Crippen molar-refractivity contribution in [3.63, 3.8) is 0 Å². The standard InChI is InChI=1S/C43H56N8O5/c1-5-8-29(2)42(54)56-28-51-27-34-24-31(23-30(3)39(34)46-51)25-38(41(53)49-21-19-48(20-22-49)35-13-15-47(4)16-14-35)45-43(55)50-17-11-32(12-18-50)36-26-33-9-6-7-10-37(33)44-40(36)52/h5-7,9-10,23-24,26-27,29,32,35,38H,1,8,11-22,25,28H2,2-4H3,(H,44,52)(H,45,55)/t29?,38-/m1/s1. The van der Waals surface area contributed by atoms with E-state index in [1.54, 1.807) is 15.7 Å². The number of H-pyrrole nitrogens is 1. The zero-order valence-corrected chi connectivity index (χ0v) is 33.0. The number of amides is 3. The van der Waals surface area contributed by atoms with E-state index in [2.05, 4.69) is 38.8 Å². The van der Waals surface area contributed by atoms with Crippen molar-refractivity contribution in [2.24, 2.45) is 5.92 Å². The predicted octanol–water partition coefficient (Wildman–Crippen LogP) is 4.64. The maximum Gasteiger partial charge on any atom is 0.318 e. The number of piperidine rings is 2. The van der Waals surface area contributed by atoms with E-state index in [1.165, 1.54) is 0 Å². The van der Waals surface area contributed by atoms with E-state index in [4.69, 9.17) is 4.74 Å². The summed E-state index contributed by atoms with van der Waals surface area (Å²) in [6.07, 6.45) is 8.02. The molecule has 0 bridgehead atoms. The average Bonchev–Trinajstić information content (AvgIpc) is 3.63. The third-order valence-corrected chi connectivity index (χ3v) is 12.0. The van der Waals surface area contributed by atoms with Crippen LogP contribution in [0.25, 0.3) is 21.8 Å². The molecule has 2 N–H and O–H groups in total. The molecule has 0 radical (unpaired) electrons. The van der Waals surface area contributed by atoms with Gasteiger partial charge in [-0.3, -0.25) is 19.3 Å². The number of ether oxygens (including phenoxy) is 1. The summed E-state index contributed by atoms with van der Waals surface area (Å²) < 4.78 is 7.12. The predicted molar refractivity (Wildman–Crippen MR) is 217 cm³/mol. The van der Waals surface area contributed by atoms with Gasteiger partial charge < -0.3 is 29.7 Å². The fourth-order valence-electron chi connectivity index (χ4n) is 8.66. The third kappa shape index (κ3) is 9.00. The number of carbonyl (C=O) groups excluding carboxylic acids is 3. The third-order valence-electron chi connectivity index (χ3n) is 12.0. The number of piperazine rings is 1. The number of pyridine rings is 1. The first-order valence-corrected chi connectivity index (χ1v) is 20.2. The molecule has 4 aromatic rings. The van der Waals surface area contributed by atoms with Crippen LogP contribution in [-0.4, -0.2) is 124 Å². The number of para-hydroxylation sites is 1. The summed E-state index contributed by atoms with van der Waals surface area (Å²) in [4.78, 5) is 65.4. The summed E-state index contributed by atoms with van der Waals surface area (Å²) in [7, 11) is 2.17. The van der Waals surface area contributed by atoms with Crippen molar-refractivity contribution < 1.29 is 19.1 Å². The molecular formula is C43H56N8O5. The number of aromatic nitrogens is 3. The Bertz CT molecular complexity index is 2100. The van der Waals surface area contributed by atoms with Gasteiger partial charge in [0, 0.05) is 74.4 Å². The molecule has 13 heteroatoms. The van der Waals surface area contributed by atoms with Gasteiger partial charge in [0.15, 0.2) is 6.73 Å². The molecule has 7 rings (SSSR count). The number of benzene rings is 2. The fourth-order valence-corrected chi connectivity index (χ4v) is 8.66. The molecule has 56 heavy (non-hydrogen) atoms. The van der Waals surface area contributed by atoms with Gasteiger partial charge in [-0.05, 0) is 99.8 Å². The van der Waals surface area contributed by atoms with E-state index < -0.39 is 6.04 Å². The highest BCUT2D eigenvalue weighted by Gasteiger charge is 2.34. The van der Waals surface area contributed by atoms with Gasteiger partial charge in [-0.1, -0.05) is 37.3 Å². The topological polar surface area (TPSA) is 136 Å².